The minimum Gasteiger partial charge on any atom is -0.394 e. The maximum Gasteiger partial charge on any atom is 0.128 e. The van der Waals surface area contributed by atoms with Crippen molar-refractivity contribution in [2.45, 2.75) is 44.2 Å². The van der Waals surface area contributed by atoms with Crippen molar-refractivity contribution < 1.29 is 18.1 Å². The maximum absolute atomic E-state index is 14.1. The Morgan fingerprint density at radius 2 is 2.00 bits per heavy atom. The van der Waals surface area contributed by atoms with E-state index in [0.717, 1.165) is 0 Å². The van der Waals surface area contributed by atoms with Gasteiger partial charge >= 0.3 is 0 Å². The molecule has 0 aliphatic carbocycles. The van der Waals surface area contributed by atoms with Gasteiger partial charge in [0.25, 0.3) is 0 Å². The van der Waals surface area contributed by atoms with Crippen molar-refractivity contribution >= 4 is 11.0 Å². The second-order valence-corrected chi connectivity index (χ2v) is 6.45. The van der Waals surface area contributed by atoms with Crippen LogP contribution in [0.5, 0.6) is 0 Å². The minimum absolute atomic E-state index is 0.0193. The molecule has 2 N–H and O–H groups in total. The summed E-state index contributed by atoms with van der Waals surface area (Å²) in [6, 6.07) is 5.62. The summed E-state index contributed by atoms with van der Waals surface area (Å²) >= 11 is 0. The summed E-state index contributed by atoms with van der Waals surface area (Å²) < 4.78 is 42.8. The standard InChI is InChI=1S/C14H21F2NO2S/c1-4-10(2)20(19)17-14(9-18,11(3)15)12-7-5-6-8-13(12)16/h5-8,10-11,17-18H,4,9H2,1-3H3/t10-,11+,14-,20?/m1/s1. The molecule has 3 nitrogen and oxygen atoms in total. The average molecular weight is 305 g/mol. The van der Waals surface area contributed by atoms with Crippen LogP contribution < -0.4 is 4.72 Å². The third-order valence-corrected chi connectivity index (χ3v) is 5.14. The Labute approximate surface area is 121 Å². The number of nitrogens with one attached hydrogen (secondary N) is 1. The van der Waals surface area contributed by atoms with Gasteiger partial charge in [0.15, 0.2) is 0 Å². The number of alkyl halides is 1. The fourth-order valence-corrected chi connectivity index (χ4v) is 3.05. The third-order valence-electron chi connectivity index (χ3n) is 3.51. The van der Waals surface area contributed by atoms with Gasteiger partial charge in [0, 0.05) is 10.8 Å². The molecule has 0 amide bonds. The topological polar surface area (TPSA) is 49.3 Å². The van der Waals surface area contributed by atoms with E-state index in [1.807, 2.05) is 6.92 Å². The van der Waals surface area contributed by atoms with E-state index in [1.165, 1.54) is 25.1 Å². The average Bonchev–Trinajstić information content (AvgIpc) is 2.44. The van der Waals surface area contributed by atoms with Crippen molar-refractivity contribution in [1.82, 2.24) is 4.72 Å². The van der Waals surface area contributed by atoms with Gasteiger partial charge in [0.1, 0.15) is 17.5 Å². The molecule has 0 saturated heterocycles. The first-order valence-electron chi connectivity index (χ1n) is 6.57. The molecule has 20 heavy (non-hydrogen) atoms. The Hall–Kier alpha value is -0.850. The summed E-state index contributed by atoms with van der Waals surface area (Å²) in [5, 5.41) is 9.39. The van der Waals surface area contributed by atoms with Gasteiger partial charge in [0.05, 0.1) is 17.6 Å². The van der Waals surface area contributed by atoms with Crippen LogP contribution in [0, 0.1) is 5.82 Å². The van der Waals surface area contributed by atoms with Gasteiger partial charge in [-0.25, -0.2) is 17.7 Å². The SMILES string of the molecule is CC[C@@H](C)S(=O)N[C@@](CO)(c1ccccc1F)[C@H](C)F. The lowest BCUT2D eigenvalue weighted by Crippen LogP contribution is -2.54. The van der Waals surface area contributed by atoms with E-state index < -0.39 is 35.1 Å². The van der Waals surface area contributed by atoms with E-state index in [9.17, 15) is 18.1 Å². The highest BCUT2D eigenvalue weighted by Gasteiger charge is 2.42. The zero-order chi connectivity index (χ0) is 15.3. The van der Waals surface area contributed by atoms with Crippen LogP contribution >= 0.6 is 0 Å². The predicted molar refractivity (Wildman–Crippen MR) is 76.8 cm³/mol. The number of benzene rings is 1. The highest BCUT2D eigenvalue weighted by Crippen LogP contribution is 2.30. The Balaban J connectivity index is 3.24. The van der Waals surface area contributed by atoms with E-state index in [0.29, 0.717) is 6.42 Å². The van der Waals surface area contributed by atoms with Gasteiger partial charge in [-0.3, -0.25) is 0 Å². The number of hydrogen-bond donors (Lipinski definition) is 2. The van der Waals surface area contributed by atoms with E-state index in [1.54, 1.807) is 13.0 Å². The summed E-state index contributed by atoms with van der Waals surface area (Å²) in [6.07, 6.45) is -0.989. The van der Waals surface area contributed by atoms with Gasteiger partial charge in [-0.1, -0.05) is 25.1 Å². The Morgan fingerprint density at radius 3 is 2.45 bits per heavy atom. The van der Waals surface area contributed by atoms with Crippen molar-refractivity contribution in [3.8, 4) is 0 Å². The van der Waals surface area contributed by atoms with Gasteiger partial charge < -0.3 is 5.11 Å². The van der Waals surface area contributed by atoms with E-state index in [-0.39, 0.29) is 10.8 Å². The van der Waals surface area contributed by atoms with Crippen molar-refractivity contribution in [3.05, 3.63) is 35.6 Å². The molecule has 1 rings (SSSR count). The van der Waals surface area contributed by atoms with E-state index in [2.05, 4.69) is 4.72 Å². The molecule has 1 aromatic rings. The van der Waals surface area contributed by atoms with Crippen LogP contribution in [-0.2, 0) is 16.5 Å². The smallest absolute Gasteiger partial charge is 0.128 e. The Kier molecular flexibility index (Phi) is 6.23. The monoisotopic (exact) mass is 305 g/mol. The zero-order valence-electron chi connectivity index (χ0n) is 11.9. The third kappa shape index (κ3) is 3.42. The van der Waals surface area contributed by atoms with Crippen LogP contribution in [0.2, 0.25) is 0 Å². The largest absolute Gasteiger partial charge is 0.394 e. The lowest BCUT2D eigenvalue weighted by molar-refractivity contribution is 0.0999. The molecule has 0 spiro atoms. The minimum atomic E-state index is -1.71. The maximum atomic E-state index is 14.1. The lowest BCUT2D eigenvalue weighted by Gasteiger charge is -2.35. The van der Waals surface area contributed by atoms with Crippen molar-refractivity contribution in [2.24, 2.45) is 0 Å². The van der Waals surface area contributed by atoms with Gasteiger partial charge in [-0.15, -0.1) is 0 Å². The highest BCUT2D eigenvalue weighted by molar-refractivity contribution is 7.83. The summed E-state index contributed by atoms with van der Waals surface area (Å²) in [6.45, 7) is 4.12. The molecule has 1 aromatic carbocycles. The molecule has 0 aromatic heterocycles. The Morgan fingerprint density at radius 1 is 1.40 bits per heavy atom. The molecule has 0 fully saturated rings. The van der Waals surface area contributed by atoms with Gasteiger partial charge in [0.2, 0.25) is 0 Å². The second-order valence-electron chi connectivity index (χ2n) is 4.84. The van der Waals surface area contributed by atoms with Crippen LogP contribution in [0.25, 0.3) is 0 Å². The van der Waals surface area contributed by atoms with E-state index >= 15 is 0 Å². The van der Waals surface area contributed by atoms with Gasteiger partial charge in [-0.05, 0) is 26.3 Å². The van der Waals surface area contributed by atoms with Crippen LogP contribution in [0.4, 0.5) is 8.78 Å². The first-order valence-corrected chi connectivity index (χ1v) is 7.78. The van der Waals surface area contributed by atoms with Crippen LogP contribution in [0.15, 0.2) is 24.3 Å². The van der Waals surface area contributed by atoms with Crippen LogP contribution in [-0.4, -0.2) is 27.3 Å². The number of rotatable bonds is 7. The molecule has 4 atom stereocenters. The van der Waals surface area contributed by atoms with Crippen LogP contribution in [0.1, 0.15) is 32.8 Å². The quantitative estimate of drug-likeness (QED) is 0.813. The highest BCUT2D eigenvalue weighted by atomic mass is 32.2. The number of aliphatic hydroxyl groups is 1. The first-order chi connectivity index (χ1) is 9.39. The summed E-state index contributed by atoms with van der Waals surface area (Å²) in [7, 11) is -1.58. The molecule has 0 heterocycles. The number of halogens is 2. The summed E-state index contributed by atoms with van der Waals surface area (Å²) in [5.74, 6) is -0.639. The summed E-state index contributed by atoms with van der Waals surface area (Å²) in [5.41, 5.74) is -1.73. The molecule has 0 radical (unpaired) electrons. The molecule has 6 heteroatoms. The first kappa shape index (κ1) is 17.2. The Bertz CT molecular complexity index is 470. The second kappa shape index (κ2) is 7.24. The molecule has 0 aliphatic rings. The van der Waals surface area contributed by atoms with Crippen molar-refractivity contribution in [1.29, 1.82) is 0 Å². The lowest BCUT2D eigenvalue weighted by atomic mass is 9.87. The van der Waals surface area contributed by atoms with Crippen LogP contribution in [0.3, 0.4) is 0 Å². The van der Waals surface area contributed by atoms with E-state index in [4.69, 9.17) is 0 Å². The fraction of sp³-hybridized carbons (Fsp3) is 0.571. The normalized spacial score (nSPS) is 19.1. The molecular weight excluding hydrogens is 284 g/mol. The molecule has 0 aliphatic heterocycles. The molecule has 0 saturated carbocycles. The molecule has 0 bridgehead atoms. The number of aliphatic hydroxyl groups excluding tert-OH is 1. The molecular formula is C14H21F2NO2S. The zero-order valence-corrected chi connectivity index (χ0v) is 12.7. The molecule has 114 valence electrons. The predicted octanol–water partition coefficient (Wildman–Crippen LogP) is 2.42. The number of hydrogen-bond acceptors (Lipinski definition) is 2. The van der Waals surface area contributed by atoms with Crippen molar-refractivity contribution in [2.75, 3.05) is 6.61 Å². The summed E-state index contributed by atoms with van der Waals surface area (Å²) in [4.78, 5) is 0. The van der Waals surface area contributed by atoms with Crippen molar-refractivity contribution in [3.63, 3.8) is 0 Å². The van der Waals surface area contributed by atoms with Gasteiger partial charge in [-0.2, -0.15) is 0 Å². The fourth-order valence-electron chi connectivity index (χ4n) is 1.85. The molecule has 1 unspecified atom stereocenters.